The maximum Gasteiger partial charge on any atom is 0.326 e. The van der Waals surface area contributed by atoms with Gasteiger partial charge in [0.15, 0.2) is 0 Å². The summed E-state index contributed by atoms with van der Waals surface area (Å²) < 4.78 is 5.59. The molecule has 1 atom stereocenters. The topological polar surface area (TPSA) is 75.6 Å². The van der Waals surface area contributed by atoms with Crippen molar-refractivity contribution in [3.05, 3.63) is 32.4 Å². The maximum atomic E-state index is 12.1. The van der Waals surface area contributed by atoms with Crippen LogP contribution in [0.1, 0.15) is 23.2 Å². The molecule has 110 valence electrons. The van der Waals surface area contributed by atoms with Crippen LogP contribution in [0.25, 0.3) is 0 Å². The lowest BCUT2D eigenvalue weighted by molar-refractivity contribution is -0.139. The maximum absolute atomic E-state index is 12.1. The van der Waals surface area contributed by atoms with E-state index >= 15 is 0 Å². The minimum atomic E-state index is -1.06. The molecule has 0 spiro atoms. The molecule has 1 aromatic carbocycles. The lowest BCUT2D eigenvalue weighted by Crippen LogP contribution is -2.41. The number of carboxylic acid groups (broad SMARTS) is 1. The molecule has 2 N–H and O–H groups in total. The molecule has 0 bridgehead atoms. The molecule has 20 heavy (non-hydrogen) atoms. The number of benzene rings is 1. The van der Waals surface area contributed by atoms with E-state index in [1.807, 2.05) is 22.6 Å². The Balaban J connectivity index is 2.75. The van der Waals surface area contributed by atoms with Crippen molar-refractivity contribution in [3.63, 3.8) is 0 Å². The summed E-state index contributed by atoms with van der Waals surface area (Å²) in [6.45, 7) is 0.453. The van der Waals surface area contributed by atoms with Gasteiger partial charge in [-0.25, -0.2) is 4.79 Å². The summed E-state index contributed by atoms with van der Waals surface area (Å²) >= 11 is 7.85. The lowest BCUT2D eigenvalue weighted by atomic mass is 10.1. The van der Waals surface area contributed by atoms with E-state index < -0.39 is 17.9 Å². The minimum Gasteiger partial charge on any atom is -0.480 e. The summed E-state index contributed by atoms with van der Waals surface area (Å²) in [6.07, 6.45) is 0.868. The number of amides is 1. The first-order valence-electron chi connectivity index (χ1n) is 5.93. The second kappa shape index (κ2) is 8.43. The van der Waals surface area contributed by atoms with Crippen molar-refractivity contribution in [1.29, 1.82) is 0 Å². The van der Waals surface area contributed by atoms with Crippen LogP contribution in [0.3, 0.4) is 0 Å². The minimum absolute atomic E-state index is 0.312. The number of hydrogen-bond donors (Lipinski definition) is 2. The molecule has 7 heteroatoms. The van der Waals surface area contributed by atoms with E-state index in [1.165, 1.54) is 6.07 Å². The molecule has 0 aliphatic heterocycles. The zero-order chi connectivity index (χ0) is 15.1. The van der Waals surface area contributed by atoms with Crippen LogP contribution in [0, 0.1) is 3.57 Å². The van der Waals surface area contributed by atoms with Crippen LogP contribution in [0.4, 0.5) is 0 Å². The van der Waals surface area contributed by atoms with Crippen molar-refractivity contribution in [2.45, 2.75) is 18.9 Å². The molecule has 1 unspecified atom stereocenters. The predicted octanol–water partition coefficient (Wildman–Crippen LogP) is 2.55. The van der Waals surface area contributed by atoms with Crippen LogP contribution < -0.4 is 5.32 Å². The molecule has 0 heterocycles. The number of halogens is 2. The van der Waals surface area contributed by atoms with E-state index in [-0.39, 0.29) is 0 Å². The van der Waals surface area contributed by atoms with Gasteiger partial charge in [0.25, 0.3) is 5.91 Å². The van der Waals surface area contributed by atoms with E-state index in [2.05, 4.69) is 5.32 Å². The monoisotopic (exact) mass is 411 g/mol. The SMILES string of the molecule is COCCCC(NC(=O)c1cc(Cl)ccc1I)C(=O)O. The fourth-order valence-corrected chi connectivity index (χ4v) is 2.35. The Bertz CT molecular complexity index is 495. The third-order valence-corrected chi connectivity index (χ3v) is 3.79. The summed E-state index contributed by atoms with van der Waals surface area (Å²) in [4.78, 5) is 23.2. The number of hydrogen-bond acceptors (Lipinski definition) is 3. The molecule has 0 saturated heterocycles. The Morgan fingerprint density at radius 3 is 2.80 bits per heavy atom. The molecule has 1 amide bonds. The summed E-state index contributed by atoms with van der Waals surface area (Å²) in [7, 11) is 1.54. The highest BCUT2D eigenvalue weighted by atomic mass is 127. The fourth-order valence-electron chi connectivity index (χ4n) is 1.60. The Kier molecular flexibility index (Phi) is 7.25. The van der Waals surface area contributed by atoms with Gasteiger partial charge in [-0.2, -0.15) is 0 Å². The molecule has 1 aromatic rings. The van der Waals surface area contributed by atoms with Crippen LogP contribution >= 0.6 is 34.2 Å². The van der Waals surface area contributed by atoms with Crippen molar-refractivity contribution in [2.75, 3.05) is 13.7 Å². The summed E-state index contributed by atoms with van der Waals surface area (Å²) in [5.41, 5.74) is 0.371. The molecular formula is C13H15ClINO4. The van der Waals surface area contributed by atoms with Gasteiger partial charge in [0, 0.05) is 22.3 Å². The third kappa shape index (κ3) is 5.26. The molecule has 0 saturated carbocycles. The Labute approximate surface area is 135 Å². The van der Waals surface area contributed by atoms with E-state index in [9.17, 15) is 9.59 Å². The van der Waals surface area contributed by atoms with E-state index in [1.54, 1.807) is 19.2 Å². The van der Waals surface area contributed by atoms with Gasteiger partial charge in [-0.1, -0.05) is 11.6 Å². The number of aliphatic carboxylic acids is 1. The third-order valence-electron chi connectivity index (χ3n) is 2.62. The molecule has 1 rings (SSSR count). The second-order valence-corrected chi connectivity index (χ2v) is 5.72. The van der Waals surface area contributed by atoms with Crippen LogP contribution in [-0.2, 0) is 9.53 Å². The van der Waals surface area contributed by atoms with Gasteiger partial charge in [0.2, 0.25) is 0 Å². The average molecular weight is 412 g/mol. The summed E-state index contributed by atoms with van der Waals surface area (Å²) in [6, 6.07) is 3.96. The summed E-state index contributed by atoms with van der Waals surface area (Å²) in [5, 5.41) is 12.0. The smallest absolute Gasteiger partial charge is 0.326 e. The van der Waals surface area contributed by atoms with Gasteiger partial charge < -0.3 is 15.2 Å². The van der Waals surface area contributed by atoms with Gasteiger partial charge in [-0.05, 0) is 53.6 Å². The van der Waals surface area contributed by atoms with E-state index in [0.29, 0.717) is 33.6 Å². The fraction of sp³-hybridized carbons (Fsp3) is 0.385. The van der Waals surface area contributed by atoms with Crippen molar-refractivity contribution < 1.29 is 19.4 Å². The Morgan fingerprint density at radius 1 is 1.50 bits per heavy atom. The molecule has 0 aliphatic rings. The highest BCUT2D eigenvalue weighted by Gasteiger charge is 2.21. The van der Waals surface area contributed by atoms with E-state index in [0.717, 1.165) is 0 Å². The molecule has 0 aromatic heterocycles. The van der Waals surface area contributed by atoms with Gasteiger partial charge in [0.05, 0.1) is 5.56 Å². The molecule has 5 nitrogen and oxygen atoms in total. The van der Waals surface area contributed by atoms with Gasteiger partial charge in [-0.15, -0.1) is 0 Å². The zero-order valence-corrected chi connectivity index (χ0v) is 13.8. The van der Waals surface area contributed by atoms with Crippen molar-refractivity contribution >= 4 is 46.1 Å². The number of rotatable bonds is 7. The number of ether oxygens (including phenoxy) is 1. The number of methoxy groups -OCH3 is 1. The number of carboxylic acids is 1. The lowest BCUT2D eigenvalue weighted by Gasteiger charge is -2.15. The molecule has 0 radical (unpaired) electrons. The quantitative estimate of drug-likeness (QED) is 0.534. The standard InChI is InChI=1S/C13H15ClINO4/c1-20-6-2-3-11(13(18)19)16-12(17)9-7-8(14)4-5-10(9)15/h4-5,7,11H,2-3,6H2,1H3,(H,16,17)(H,18,19). The first kappa shape index (κ1) is 17.2. The average Bonchev–Trinajstić information content (AvgIpc) is 2.40. The normalized spacial score (nSPS) is 11.9. The van der Waals surface area contributed by atoms with Crippen LogP contribution in [0.15, 0.2) is 18.2 Å². The highest BCUT2D eigenvalue weighted by Crippen LogP contribution is 2.18. The van der Waals surface area contributed by atoms with E-state index in [4.69, 9.17) is 21.4 Å². The van der Waals surface area contributed by atoms with Gasteiger partial charge in [-0.3, -0.25) is 4.79 Å². The largest absolute Gasteiger partial charge is 0.480 e. The first-order chi connectivity index (χ1) is 9.45. The van der Waals surface area contributed by atoms with Crippen LogP contribution in [-0.4, -0.2) is 36.7 Å². The molecular weight excluding hydrogens is 397 g/mol. The van der Waals surface area contributed by atoms with Crippen molar-refractivity contribution in [1.82, 2.24) is 5.32 Å². The van der Waals surface area contributed by atoms with Gasteiger partial charge >= 0.3 is 5.97 Å². The number of carbonyl (C=O) groups is 2. The number of nitrogens with one attached hydrogen (secondary N) is 1. The van der Waals surface area contributed by atoms with Gasteiger partial charge in [0.1, 0.15) is 6.04 Å². The van der Waals surface area contributed by atoms with Crippen molar-refractivity contribution in [3.8, 4) is 0 Å². The second-order valence-electron chi connectivity index (χ2n) is 4.12. The Hall–Kier alpha value is -0.860. The highest BCUT2D eigenvalue weighted by molar-refractivity contribution is 14.1. The van der Waals surface area contributed by atoms with Crippen LogP contribution in [0.5, 0.6) is 0 Å². The first-order valence-corrected chi connectivity index (χ1v) is 7.39. The molecule has 0 fully saturated rings. The Morgan fingerprint density at radius 2 is 2.20 bits per heavy atom. The summed E-state index contributed by atoms with van der Waals surface area (Å²) in [5.74, 6) is -1.51. The van der Waals surface area contributed by atoms with Crippen LogP contribution in [0.2, 0.25) is 5.02 Å². The molecule has 0 aliphatic carbocycles. The zero-order valence-electron chi connectivity index (χ0n) is 10.9. The predicted molar refractivity (Wildman–Crippen MR) is 84.2 cm³/mol. The number of carbonyl (C=O) groups excluding carboxylic acids is 1. The van der Waals surface area contributed by atoms with Crippen molar-refractivity contribution in [2.24, 2.45) is 0 Å².